The van der Waals surface area contributed by atoms with E-state index in [9.17, 15) is 4.79 Å². The fourth-order valence-electron chi connectivity index (χ4n) is 1.93. The van der Waals surface area contributed by atoms with Gasteiger partial charge in [0.25, 0.3) is 5.91 Å². The number of fused-ring (bicyclic) bond motifs is 1. The number of imidazole rings is 1. The van der Waals surface area contributed by atoms with Crippen LogP contribution >= 0.6 is 0 Å². The van der Waals surface area contributed by atoms with Gasteiger partial charge >= 0.3 is 0 Å². The highest BCUT2D eigenvalue weighted by Gasteiger charge is 2.25. The van der Waals surface area contributed by atoms with Gasteiger partial charge in [-0.15, -0.1) is 0 Å². The van der Waals surface area contributed by atoms with Crippen LogP contribution < -0.4 is 11.1 Å². The van der Waals surface area contributed by atoms with E-state index >= 15 is 0 Å². The predicted octanol–water partition coefficient (Wildman–Crippen LogP) is 1.02. The van der Waals surface area contributed by atoms with Crippen molar-refractivity contribution < 1.29 is 4.79 Å². The number of anilines is 1. The van der Waals surface area contributed by atoms with E-state index in [0.29, 0.717) is 29.7 Å². The summed E-state index contributed by atoms with van der Waals surface area (Å²) in [7, 11) is 0. The number of nitrogens with zero attached hydrogens (tertiary/aromatic N) is 1. The molecule has 0 aliphatic heterocycles. The number of nitrogens with two attached hydrogens (primary N) is 1. The van der Waals surface area contributed by atoms with E-state index in [1.54, 1.807) is 0 Å². The Labute approximate surface area is 94.1 Å². The fourth-order valence-corrected chi connectivity index (χ4v) is 1.93. The highest BCUT2D eigenvalue weighted by atomic mass is 16.1. The van der Waals surface area contributed by atoms with Crippen molar-refractivity contribution in [3.63, 3.8) is 0 Å². The highest BCUT2D eigenvalue weighted by Crippen LogP contribution is 2.32. The zero-order valence-corrected chi connectivity index (χ0v) is 9.50. The van der Waals surface area contributed by atoms with Gasteiger partial charge in [-0.1, -0.05) is 13.0 Å². The molecular weight excluding hydrogens is 204 g/mol. The van der Waals surface area contributed by atoms with Gasteiger partial charge < -0.3 is 16.0 Å². The summed E-state index contributed by atoms with van der Waals surface area (Å²) in [6.07, 6.45) is 2.76. The van der Waals surface area contributed by atoms with Crippen LogP contribution in [0, 0.1) is 0 Å². The van der Waals surface area contributed by atoms with Crippen LogP contribution in [0.3, 0.4) is 0 Å². The Bertz CT molecular complexity index is 447. The van der Waals surface area contributed by atoms with Crippen molar-refractivity contribution >= 4 is 17.4 Å². The smallest absolute Gasteiger partial charge is 0.253 e. The van der Waals surface area contributed by atoms with Crippen LogP contribution in [0.1, 0.15) is 37.6 Å². The van der Waals surface area contributed by atoms with Crippen molar-refractivity contribution in [1.82, 2.24) is 15.3 Å². The van der Waals surface area contributed by atoms with E-state index in [4.69, 9.17) is 5.73 Å². The van der Waals surface area contributed by atoms with Gasteiger partial charge in [0.2, 0.25) is 0 Å². The standard InChI is InChI=1S/C11H16N4O/c1-3-13-10(16)7-5-4-6(2)8-9(7)15-11(12)14-8/h5-6H,3-4H2,1-2H3,(H,13,16)(H3,12,14,15). The lowest BCUT2D eigenvalue weighted by atomic mass is 9.91. The first-order valence-electron chi connectivity index (χ1n) is 5.47. The number of nitrogen functional groups attached to an aromatic ring is 1. The largest absolute Gasteiger partial charge is 0.369 e. The third-order valence-electron chi connectivity index (χ3n) is 2.76. The van der Waals surface area contributed by atoms with Gasteiger partial charge in [-0.2, -0.15) is 0 Å². The molecule has 0 saturated carbocycles. The summed E-state index contributed by atoms with van der Waals surface area (Å²) in [5, 5.41) is 2.78. The summed E-state index contributed by atoms with van der Waals surface area (Å²) < 4.78 is 0. The fraction of sp³-hybridized carbons (Fsp3) is 0.455. The molecule has 1 amide bonds. The summed E-state index contributed by atoms with van der Waals surface area (Å²) in [4.78, 5) is 19.0. The van der Waals surface area contributed by atoms with Gasteiger partial charge in [-0.25, -0.2) is 4.98 Å². The van der Waals surface area contributed by atoms with Gasteiger partial charge in [0, 0.05) is 18.2 Å². The Kier molecular flexibility index (Phi) is 2.68. The number of aromatic nitrogens is 2. The molecule has 0 spiro atoms. The SMILES string of the molecule is CCNC(=O)C1=CCC(C)c2[nH]c(N)nc21. The van der Waals surface area contributed by atoms with Crippen LogP contribution in [0.2, 0.25) is 0 Å². The summed E-state index contributed by atoms with van der Waals surface area (Å²) in [6.45, 7) is 4.59. The van der Waals surface area contributed by atoms with Crippen molar-refractivity contribution in [3.05, 3.63) is 17.5 Å². The average Bonchev–Trinajstić information content (AvgIpc) is 2.61. The molecule has 0 aromatic carbocycles. The normalized spacial score (nSPS) is 18.9. The first-order chi connectivity index (χ1) is 7.63. The van der Waals surface area contributed by atoms with Crippen molar-refractivity contribution in [1.29, 1.82) is 0 Å². The molecule has 1 heterocycles. The number of carbonyl (C=O) groups excluding carboxylic acids is 1. The number of aromatic amines is 1. The van der Waals surface area contributed by atoms with Gasteiger partial charge in [0.05, 0.1) is 11.3 Å². The van der Waals surface area contributed by atoms with E-state index in [2.05, 4.69) is 22.2 Å². The zero-order valence-electron chi connectivity index (χ0n) is 9.50. The van der Waals surface area contributed by atoms with Crippen molar-refractivity contribution in [3.8, 4) is 0 Å². The van der Waals surface area contributed by atoms with Gasteiger partial charge in [0.1, 0.15) is 0 Å². The van der Waals surface area contributed by atoms with Crippen molar-refractivity contribution in [2.75, 3.05) is 12.3 Å². The minimum absolute atomic E-state index is 0.0813. The number of H-pyrrole nitrogens is 1. The molecule has 86 valence electrons. The number of allylic oxidation sites excluding steroid dienone is 1. The summed E-state index contributed by atoms with van der Waals surface area (Å²) in [5.74, 6) is 0.620. The molecule has 1 aliphatic rings. The second-order valence-corrected chi connectivity index (χ2v) is 4.00. The number of rotatable bonds is 2. The topological polar surface area (TPSA) is 83.8 Å². The zero-order chi connectivity index (χ0) is 11.7. The van der Waals surface area contributed by atoms with Crippen LogP contribution in [0.25, 0.3) is 5.57 Å². The maximum atomic E-state index is 11.8. The van der Waals surface area contributed by atoms with E-state index in [0.717, 1.165) is 12.1 Å². The van der Waals surface area contributed by atoms with Gasteiger partial charge in [-0.3, -0.25) is 4.79 Å². The molecule has 0 saturated heterocycles. The predicted molar refractivity (Wildman–Crippen MR) is 62.7 cm³/mol. The highest BCUT2D eigenvalue weighted by molar-refractivity contribution is 6.19. The summed E-state index contributed by atoms with van der Waals surface area (Å²) in [5.41, 5.74) is 7.91. The molecule has 5 nitrogen and oxygen atoms in total. The third kappa shape index (κ3) is 1.68. The molecule has 5 heteroatoms. The number of amides is 1. The number of carbonyl (C=O) groups is 1. The van der Waals surface area contributed by atoms with E-state index < -0.39 is 0 Å². The molecule has 4 N–H and O–H groups in total. The first-order valence-corrected chi connectivity index (χ1v) is 5.47. The van der Waals surface area contributed by atoms with Crippen LogP contribution in [-0.4, -0.2) is 22.4 Å². The Morgan fingerprint density at radius 2 is 2.50 bits per heavy atom. The van der Waals surface area contributed by atoms with E-state index in [1.165, 1.54) is 0 Å². The lowest BCUT2D eigenvalue weighted by Crippen LogP contribution is -2.25. The van der Waals surface area contributed by atoms with E-state index in [-0.39, 0.29) is 5.91 Å². The molecule has 1 aliphatic carbocycles. The number of hydrogen-bond donors (Lipinski definition) is 3. The Balaban J connectivity index is 2.38. The maximum Gasteiger partial charge on any atom is 0.253 e. The van der Waals surface area contributed by atoms with E-state index in [1.807, 2.05) is 13.0 Å². The summed E-state index contributed by atoms with van der Waals surface area (Å²) >= 11 is 0. The molecule has 1 aromatic heterocycles. The van der Waals surface area contributed by atoms with Crippen LogP contribution in [-0.2, 0) is 4.79 Å². The third-order valence-corrected chi connectivity index (χ3v) is 2.76. The Morgan fingerprint density at radius 1 is 1.75 bits per heavy atom. The van der Waals surface area contributed by atoms with Crippen LogP contribution in [0.4, 0.5) is 5.95 Å². The minimum Gasteiger partial charge on any atom is -0.369 e. The molecular formula is C11H16N4O. The molecule has 1 aromatic rings. The lowest BCUT2D eigenvalue weighted by molar-refractivity contribution is -0.115. The monoisotopic (exact) mass is 220 g/mol. The Morgan fingerprint density at radius 3 is 3.19 bits per heavy atom. The molecule has 1 atom stereocenters. The minimum atomic E-state index is -0.0813. The average molecular weight is 220 g/mol. The number of nitrogens with one attached hydrogen (secondary N) is 2. The molecule has 2 rings (SSSR count). The van der Waals surface area contributed by atoms with Crippen LogP contribution in [0.5, 0.6) is 0 Å². The van der Waals surface area contributed by atoms with Crippen molar-refractivity contribution in [2.45, 2.75) is 26.2 Å². The van der Waals surface area contributed by atoms with Crippen LogP contribution in [0.15, 0.2) is 6.08 Å². The maximum absolute atomic E-state index is 11.8. The Hall–Kier alpha value is -1.78. The second-order valence-electron chi connectivity index (χ2n) is 4.00. The van der Waals surface area contributed by atoms with Crippen molar-refractivity contribution in [2.24, 2.45) is 0 Å². The quantitative estimate of drug-likeness (QED) is 0.695. The second kappa shape index (κ2) is 4.00. The molecule has 0 bridgehead atoms. The number of hydrogen-bond acceptors (Lipinski definition) is 3. The lowest BCUT2D eigenvalue weighted by Gasteiger charge is -2.17. The first kappa shape index (κ1) is 10.7. The van der Waals surface area contributed by atoms with Gasteiger partial charge in [-0.05, 0) is 13.3 Å². The molecule has 0 radical (unpaired) electrons. The molecule has 16 heavy (non-hydrogen) atoms. The molecule has 1 unspecified atom stereocenters. The summed E-state index contributed by atoms with van der Waals surface area (Å²) in [6, 6.07) is 0. The number of likely N-dealkylation sites (N-methyl/N-ethyl adjacent to an activating group) is 1. The molecule has 0 fully saturated rings. The van der Waals surface area contributed by atoms with Gasteiger partial charge in [0.15, 0.2) is 5.95 Å².